The number of nitrogens with zero attached hydrogens (tertiary/aromatic N) is 2. The number of para-hydroxylation sites is 1. The Labute approximate surface area is 184 Å². The largest absolute Gasteiger partial charge is 0.493 e. The molecule has 2 aromatic rings. The van der Waals surface area contributed by atoms with Crippen molar-refractivity contribution < 1.29 is 9.47 Å². The summed E-state index contributed by atoms with van der Waals surface area (Å²) in [6, 6.07) is 16.3. The molecule has 0 saturated carbocycles. The summed E-state index contributed by atoms with van der Waals surface area (Å²) in [4.78, 5) is 6.77. The van der Waals surface area contributed by atoms with Gasteiger partial charge in [0.1, 0.15) is 0 Å². The normalized spacial score (nSPS) is 16.3. The van der Waals surface area contributed by atoms with Crippen molar-refractivity contribution in [3.8, 4) is 11.5 Å². The average Bonchev–Trinajstić information content (AvgIpc) is 3.20. The van der Waals surface area contributed by atoms with Gasteiger partial charge in [0.05, 0.1) is 14.2 Å². The molecule has 0 amide bonds. The van der Waals surface area contributed by atoms with Gasteiger partial charge < -0.3 is 25.0 Å². The number of rotatable bonds is 6. The van der Waals surface area contributed by atoms with E-state index in [-0.39, 0.29) is 24.0 Å². The van der Waals surface area contributed by atoms with Crippen LogP contribution in [0.5, 0.6) is 11.5 Å². The lowest BCUT2D eigenvalue weighted by Gasteiger charge is -2.19. The average molecular weight is 496 g/mol. The molecule has 7 heteroatoms. The SMILES string of the molecule is CN=C(NCC1CCN(c2ccccc2)C1)Nc1ccc(OC)c(OC)c1.I. The van der Waals surface area contributed by atoms with Crippen LogP contribution >= 0.6 is 24.0 Å². The van der Waals surface area contributed by atoms with Crippen LogP contribution in [0.4, 0.5) is 11.4 Å². The van der Waals surface area contributed by atoms with Gasteiger partial charge in [-0.3, -0.25) is 4.99 Å². The second kappa shape index (κ2) is 11.0. The first-order valence-corrected chi connectivity index (χ1v) is 9.23. The number of anilines is 2. The molecule has 0 bridgehead atoms. The number of methoxy groups -OCH3 is 2. The van der Waals surface area contributed by atoms with Gasteiger partial charge in [0.15, 0.2) is 17.5 Å². The number of ether oxygens (including phenoxy) is 2. The molecule has 3 rings (SSSR count). The smallest absolute Gasteiger partial charge is 0.195 e. The van der Waals surface area contributed by atoms with Gasteiger partial charge >= 0.3 is 0 Å². The molecular weight excluding hydrogens is 467 g/mol. The first-order chi connectivity index (χ1) is 13.2. The van der Waals surface area contributed by atoms with Crippen LogP contribution in [0.2, 0.25) is 0 Å². The Bertz CT molecular complexity index is 770. The van der Waals surface area contributed by atoms with Crippen molar-refractivity contribution >= 4 is 41.3 Å². The summed E-state index contributed by atoms with van der Waals surface area (Å²) in [5, 5.41) is 6.75. The summed E-state index contributed by atoms with van der Waals surface area (Å²) in [5.74, 6) is 2.74. The van der Waals surface area contributed by atoms with E-state index in [9.17, 15) is 0 Å². The molecule has 28 heavy (non-hydrogen) atoms. The number of hydrogen-bond acceptors (Lipinski definition) is 4. The Hall–Kier alpha value is -2.16. The topological polar surface area (TPSA) is 58.1 Å². The van der Waals surface area contributed by atoms with Gasteiger partial charge in [-0.25, -0.2) is 0 Å². The number of guanidine groups is 1. The predicted octanol–water partition coefficient (Wildman–Crippen LogP) is 3.84. The highest BCUT2D eigenvalue weighted by Crippen LogP contribution is 2.29. The summed E-state index contributed by atoms with van der Waals surface area (Å²) in [5.41, 5.74) is 2.20. The van der Waals surface area contributed by atoms with Crippen LogP contribution in [-0.4, -0.2) is 46.9 Å². The molecule has 0 aliphatic carbocycles. The minimum Gasteiger partial charge on any atom is -0.493 e. The summed E-state index contributed by atoms with van der Waals surface area (Å²) >= 11 is 0. The second-order valence-corrected chi connectivity index (χ2v) is 6.58. The van der Waals surface area contributed by atoms with Crippen molar-refractivity contribution in [2.75, 3.05) is 51.1 Å². The molecule has 1 aliphatic heterocycles. The van der Waals surface area contributed by atoms with Gasteiger partial charge in [0.2, 0.25) is 0 Å². The van der Waals surface area contributed by atoms with Crippen LogP contribution in [-0.2, 0) is 0 Å². The van der Waals surface area contributed by atoms with Gasteiger partial charge in [0, 0.05) is 44.1 Å². The lowest BCUT2D eigenvalue weighted by Crippen LogP contribution is -2.35. The number of benzene rings is 2. The zero-order valence-corrected chi connectivity index (χ0v) is 19.0. The molecule has 0 aromatic heterocycles. The number of hydrogen-bond donors (Lipinski definition) is 2. The Morgan fingerprint density at radius 1 is 1.11 bits per heavy atom. The fourth-order valence-corrected chi connectivity index (χ4v) is 3.34. The molecule has 152 valence electrons. The zero-order valence-electron chi connectivity index (χ0n) is 16.6. The minimum atomic E-state index is 0. The van der Waals surface area contributed by atoms with E-state index in [2.05, 4.69) is 50.9 Å². The maximum Gasteiger partial charge on any atom is 0.195 e. The molecule has 1 heterocycles. The van der Waals surface area contributed by atoms with E-state index in [1.165, 1.54) is 12.1 Å². The van der Waals surface area contributed by atoms with Crippen LogP contribution in [0.1, 0.15) is 6.42 Å². The Morgan fingerprint density at radius 3 is 2.54 bits per heavy atom. The first-order valence-electron chi connectivity index (χ1n) is 9.23. The van der Waals surface area contributed by atoms with Crippen LogP contribution in [0.3, 0.4) is 0 Å². The van der Waals surface area contributed by atoms with Crippen molar-refractivity contribution in [2.24, 2.45) is 10.9 Å². The lowest BCUT2D eigenvalue weighted by atomic mass is 10.1. The molecule has 6 nitrogen and oxygen atoms in total. The van der Waals surface area contributed by atoms with Gasteiger partial charge in [-0.1, -0.05) is 18.2 Å². The Morgan fingerprint density at radius 2 is 1.86 bits per heavy atom. The van der Waals surface area contributed by atoms with Gasteiger partial charge in [-0.15, -0.1) is 24.0 Å². The van der Waals surface area contributed by atoms with Gasteiger partial charge in [0.25, 0.3) is 0 Å². The predicted molar refractivity (Wildman–Crippen MR) is 127 cm³/mol. The van der Waals surface area contributed by atoms with E-state index in [4.69, 9.17) is 9.47 Å². The third kappa shape index (κ3) is 5.67. The standard InChI is InChI=1S/C21H28N4O2.HI/c1-22-21(24-17-9-10-19(26-2)20(13-17)27-3)23-14-16-11-12-25(15-16)18-7-5-4-6-8-18;/h4-10,13,16H,11-12,14-15H2,1-3H3,(H2,22,23,24);1H. The van der Waals surface area contributed by atoms with Crippen LogP contribution in [0.15, 0.2) is 53.5 Å². The maximum absolute atomic E-state index is 5.36. The monoisotopic (exact) mass is 496 g/mol. The molecule has 1 atom stereocenters. The maximum atomic E-state index is 5.36. The highest BCUT2D eigenvalue weighted by Gasteiger charge is 2.22. The highest BCUT2D eigenvalue weighted by molar-refractivity contribution is 14.0. The van der Waals surface area contributed by atoms with E-state index in [0.29, 0.717) is 17.4 Å². The van der Waals surface area contributed by atoms with Crippen LogP contribution < -0.4 is 25.0 Å². The third-order valence-electron chi connectivity index (χ3n) is 4.84. The van der Waals surface area contributed by atoms with Crippen molar-refractivity contribution in [3.05, 3.63) is 48.5 Å². The lowest BCUT2D eigenvalue weighted by molar-refractivity contribution is 0.355. The third-order valence-corrected chi connectivity index (χ3v) is 4.84. The van der Waals surface area contributed by atoms with Crippen molar-refractivity contribution in [1.29, 1.82) is 0 Å². The van der Waals surface area contributed by atoms with Crippen molar-refractivity contribution in [1.82, 2.24) is 5.32 Å². The van der Waals surface area contributed by atoms with Crippen LogP contribution in [0.25, 0.3) is 0 Å². The molecule has 0 radical (unpaired) electrons. The number of halogens is 1. The first kappa shape index (κ1) is 22.1. The second-order valence-electron chi connectivity index (χ2n) is 6.58. The van der Waals surface area contributed by atoms with E-state index in [1.54, 1.807) is 21.3 Å². The van der Waals surface area contributed by atoms with Crippen molar-refractivity contribution in [3.63, 3.8) is 0 Å². The van der Waals surface area contributed by atoms with Crippen molar-refractivity contribution in [2.45, 2.75) is 6.42 Å². The molecule has 1 aliphatic rings. The fourth-order valence-electron chi connectivity index (χ4n) is 3.34. The van der Waals surface area contributed by atoms with E-state index in [1.807, 2.05) is 18.2 Å². The molecule has 1 unspecified atom stereocenters. The summed E-state index contributed by atoms with van der Waals surface area (Å²) in [7, 11) is 5.04. The van der Waals surface area contributed by atoms with Gasteiger partial charge in [-0.05, 0) is 36.6 Å². The molecule has 0 spiro atoms. The summed E-state index contributed by atoms with van der Waals surface area (Å²) in [6.07, 6.45) is 1.18. The molecule has 1 saturated heterocycles. The summed E-state index contributed by atoms with van der Waals surface area (Å²) in [6.45, 7) is 3.04. The van der Waals surface area contributed by atoms with E-state index in [0.717, 1.165) is 31.3 Å². The Balaban J connectivity index is 0.00000280. The van der Waals surface area contributed by atoms with E-state index >= 15 is 0 Å². The summed E-state index contributed by atoms with van der Waals surface area (Å²) < 4.78 is 10.6. The van der Waals surface area contributed by atoms with Gasteiger partial charge in [-0.2, -0.15) is 0 Å². The zero-order chi connectivity index (χ0) is 19.1. The molecule has 2 N–H and O–H groups in total. The minimum absolute atomic E-state index is 0. The Kier molecular flexibility index (Phi) is 8.69. The number of nitrogens with one attached hydrogen (secondary N) is 2. The highest BCUT2D eigenvalue weighted by atomic mass is 127. The molecule has 1 fully saturated rings. The quantitative estimate of drug-likeness (QED) is 0.362. The molecular formula is C21H29IN4O2. The van der Waals surface area contributed by atoms with E-state index < -0.39 is 0 Å². The van der Waals surface area contributed by atoms with Crippen LogP contribution in [0, 0.1) is 5.92 Å². The molecule has 2 aromatic carbocycles. The number of aliphatic imine (C=N–C) groups is 1. The fraction of sp³-hybridized carbons (Fsp3) is 0.381.